The minimum Gasteiger partial charge on any atom is -0.493 e. The van der Waals surface area contributed by atoms with E-state index in [1.54, 1.807) is 7.11 Å². The molecule has 0 bridgehead atoms. The number of benzene rings is 1. The van der Waals surface area contributed by atoms with Gasteiger partial charge in [-0.3, -0.25) is 9.59 Å². The average molecular weight is 458 g/mol. The molecule has 1 saturated heterocycles. The second kappa shape index (κ2) is 11.3. The van der Waals surface area contributed by atoms with Crippen molar-refractivity contribution in [1.29, 1.82) is 0 Å². The van der Waals surface area contributed by atoms with Gasteiger partial charge >= 0.3 is 0 Å². The summed E-state index contributed by atoms with van der Waals surface area (Å²) in [7, 11) is 1.70. The Bertz CT molecular complexity index is 822. The van der Waals surface area contributed by atoms with Crippen LogP contribution in [0.5, 0.6) is 5.75 Å². The van der Waals surface area contributed by atoms with Gasteiger partial charge in [-0.25, -0.2) is 0 Å². The maximum absolute atomic E-state index is 13.5. The SMILES string of the molecule is COCCCOc1cc(CN(C(=O)[C@@H]2CNC[C@H](NC(=O)C3CCC3)C2)C2CC2)ccc1C. The van der Waals surface area contributed by atoms with E-state index in [-0.39, 0.29) is 29.7 Å². The predicted molar refractivity (Wildman–Crippen MR) is 127 cm³/mol. The van der Waals surface area contributed by atoms with E-state index < -0.39 is 0 Å². The molecule has 2 aliphatic carbocycles. The maximum atomic E-state index is 13.5. The van der Waals surface area contributed by atoms with Crippen molar-refractivity contribution in [3.63, 3.8) is 0 Å². The molecule has 33 heavy (non-hydrogen) atoms. The number of nitrogens with zero attached hydrogens (tertiary/aromatic N) is 1. The van der Waals surface area contributed by atoms with Gasteiger partial charge < -0.3 is 25.0 Å². The third-order valence-electron chi connectivity index (χ3n) is 7.15. The summed E-state index contributed by atoms with van der Waals surface area (Å²) in [6.45, 7) is 5.37. The van der Waals surface area contributed by atoms with Gasteiger partial charge in [0.05, 0.1) is 12.5 Å². The zero-order chi connectivity index (χ0) is 23.2. The number of methoxy groups -OCH3 is 1. The predicted octanol–water partition coefficient (Wildman–Crippen LogP) is 2.80. The monoisotopic (exact) mass is 457 g/mol. The molecule has 1 aromatic carbocycles. The molecule has 3 aliphatic rings. The molecular weight excluding hydrogens is 418 g/mol. The summed E-state index contributed by atoms with van der Waals surface area (Å²) in [6.07, 6.45) is 6.85. The molecule has 3 fully saturated rings. The van der Waals surface area contributed by atoms with Gasteiger partial charge in [0.15, 0.2) is 0 Å². The molecule has 0 aromatic heterocycles. The number of piperidine rings is 1. The summed E-state index contributed by atoms with van der Waals surface area (Å²) >= 11 is 0. The zero-order valence-electron chi connectivity index (χ0n) is 20.1. The van der Waals surface area contributed by atoms with Gasteiger partial charge in [-0.2, -0.15) is 0 Å². The Balaban J connectivity index is 1.36. The van der Waals surface area contributed by atoms with E-state index in [0.717, 1.165) is 68.4 Å². The number of rotatable bonds is 11. The second-order valence-electron chi connectivity index (χ2n) is 9.92. The maximum Gasteiger partial charge on any atom is 0.227 e. The molecule has 2 N–H and O–H groups in total. The summed E-state index contributed by atoms with van der Waals surface area (Å²) < 4.78 is 11.1. The van der Waals surface area contributed by atoms with Crippen LogP contribution in [0.1, 0.15) is 56.1 Å². The Hall–Kier alpha value is -2.12. The number of hydrogen-bond donors (Lipinski definition) is 2. The summed E-state index contributed by atoms with van der Waals surface area (Å²) in [5.74, 6) is 1.33. The van der Waals surface area contributed by atoms with Crippen molar-refractivity contribution in [2.45, 2.75) is 70.5 Å². The molecular formula is C26H39N3O4. The Morgan fingerprint density at radius 2 is 1.94 bits per heavy atom. The van der Waals surface area contributed by atoms with Gasteiger partial charge in [0, 0.05) is 57.8 Å². The lowest BCUT2D eigenvalue weighted by Crippen LogP contribution is -2.54. The van der Waals surface area contributed by atoms with Gasteiger partial charge in [0.2, 0.25) is 11.8 Å². The minimum atomic E-state index is -0.0961. The van der Waals surface area contributed by atoms with E-state index in [9.17, 15) is 9.59 Å². The largest absolute Gasteiger partial charge is 0.493 e. The molecule has 1 aromatic rings. The highest BCUT2D eigenvalue weighted by atomic mass is 16.5. The van der Waals surface area contributed by atoms with Crippen molar-refractivity contribution in [3.8, 4) is 5.75 Å². The van der Waals surface area contributed by atoms with Gasteiger partial charge in [-0.05, 0) is 56.2 Å². The molecule has 182 valence electrons. The quantitative estimate of drug-likeness (QED) is 0.500. The Labute approximate surface area is 197 Å². The van der Waals surface area contributed by atoms with Crippen LogP contribution in [-0.2, 0) is 20.9 Å². The average Bonchev–Trinajstić information content (AvgIpc) is 3.60. The van der Waals surface area contributed by atoms with E-state index in [2.05, 4.69) is 33.7 Å². The topological polar surface area (TPSA) is 79.9 Å². The van der Waals surface area contributed by atoms with Crippen LogP contribution in [0.25, 0.3) is 0 Å². The molecule has 7 nitrogen and oxygen atoms in total. The fourth-order valence-corrected chi connectivity index (χ4v) is 4.72. The highest BCUT2D eigenvalue weighted by Gasteiger charge is 2.38. The van der Waals surface area contributed by atoms with Crippen LogP contribution < -0.4 is 15.4 Å². The Morgan fingerprint density at radius 3 is 2.64 bits per heavy atom. The van der Waals surface area contributed by atoms with Crippen molar-refractivity contribution in [2.75, 3.05) is 33.4 Å². The van der Waals surface area contributed by atoms with Gasteiger partial charge in [0.25, 0.3) is 0 Å². The number of amides is 2. The molecule has 0 radical (unpaired) electrons. The lowest BCUT2D eigenvalue weighted by Gasteiger charge is -2.35. The number of aryl methyl sites for hydroxylation is 1. The number of carbonyl (C=O) groups is 2. The molecule has 2 saturated carbocycles. The Morgan fingerprint density at radius 1 is 1.12 bits per heavy atom. The van der Waals surface area contributed by atoms with Crippen molar-refractivity contribution in [3.05, 3.63) is 29.3 Å². The van der Waals surface area contributed by atoms with Crippen LogP contribution in [0.3, 0.4) is 0 Å². The second-order valence-corrected chi connectivity index (χ2v) is 9.92. The molecule has 0 unspecified atom stereocenters. The van der Waals surface area contributed by atoms with E-state index in [0.29, 0.717) is 32.3 Å². The molecule has 7 heteroatoms. The fraction of sp³-hybridized carbons (Fsp3) is 0.692. The third-order valence-corrected chi connectivity index (χ3v) is 7.15. The lowest BCUT2D eigenvalue weighted by atomic mass is 9.84. The molecule has 1 heterocycles. The third kappa shape index (κ3) is 6.48. The van der Waals surface area contributed by atoms with Crippen LogP contribution in [0, 0.1) is 18.8 Å². The van der Waals surface area contributed by atoms with Crippen LogP contribution >= 0.6 is 0 Å². The standard InChI is InChI=1S/C26H39N3O4/c1-18-7-8-19(13-24(18)33-12-4-11-32-2)17-29(23-9-10-23)26(31)21-14-22(16-27-15-21)28-25(30)20-5-3-6-20/h7-8,13,20-23,27H,3-6,9-12,14-17H2,1-2H3,(H,28,30)/t21-,22+/m0/s1. The smallest absolute Gasteiger partial charge is 0.227 e. The number of hydrogen-bond acceptors (Lipinski definition) is 5. The molecule has 0 spiro atoms. The minimum absolute atomic E-state index is 0.0355. The fourth-order valence-electron chi connectivity index (χ4n) is 4.72. The summed E-state index contributed by atoms with van der Waals surface area (Å²) in [5.41, 5.74) is 2.20. The number of carbonyl (C=O) groups excluding carboxylic acids is 2. The summed E-state index contributed by atoms with van der Waals surface area (Å²) in [4.78, 5) is 28.0. The van der Waals surface area contributed by atoms with E-state index in [4.69, 9.17) is 9.47 Å². The van der Waals surface area contributed by atoms with Crippen molar-refractivity contribution in [2.24, 2.45) is 11.8 Å². The van der Waals surface area contributed by atoms with Gasteiger partial charge in [-0.1, -0.05) is 18.6 Å². The van der Waals surface area contributed by atoms with Crippen LogP contribution in [0.2, 0.25) is 0 Å². The number of nitrogens with one attached hydrogen (secondary N) is 2. The highest BCUT2D eigenvalue weighted by Crippen LogP contribution is 2.32. The Kier molecular flexibility index (Phi) is 8.25. The van der Waals surface area contributed by atoms with Crippen molar-refractivity contribution < 1.29 is 19.1 Å². The zero-order valence-corrected chi connectivity index (χ0v) is 20.1. The van der Waals surface area contributed by atoms with Crippen LogP contribution in [0.15, 0.2) is 18.2 Å². The molecule has 4 rings (SSSR count). The first-order valence-corrected chi connectivity index (χ1v) is 12.6. The first-order chi connectivity index (χ1) is 16.0. The van der Waals surface area contributed by atoms with Crippen molar-refractivity contribution in [1.82, 2.24) is 15.5 Å². The van der Waals surface area contributed by atoms with E-state index in [1.165, 1.54) is 0 Å². The van der Waals surface area contributed by atoms with E-state index in [1.807, 2.05) is 6.92 Å². The number of ether oxygens (including phenoxy) is 2. The summed E-state index contributed by atoms with van der Waals surface area (Å²) in [6, 6.07) is 6.61. The molecule has 2 atom stereocenters. The van der Waals surface area contributed by atoms with Crippen molar-refractivity contribution >= 4 is 11.8 Å². The first kappa shape index (κ1) is 24.0. The normalized spacial score (nSPS) is 23.0. The van der Waals surface area contributed by atoms with E-state index >= 15 is 0 Å². The van der Waals surface area contributed by atoms with Gasteiger partial charge in [0.1, 0.15) is 5.75 Å². The lowest BCUT2D eigenvalue weighted by molar-refractivity contribution is -0.138. The molecule has 2 amide bonds. The van der Waals surface area contributed by atoms with Crippen LogP contribution in [-0.4, -0.2) is 62.2 Å². The van der Waals surface area contributed by atoms with Crippen LogP contribution in [0.4, 0.5) is 0 Å². The highest BCUT2D eigenvalue weighted by molar-refractivity contribution is 5.81. The summed E-state index contributed by atoms with van der Waals surface area (Å²) in [5, 5.41) is 6.57. The molecule has 1 aliphatic heterocycles. The van der Waals surface area contributed by atoms with Gasteiger partial charge in [-0.15, -0.1) is 0 Å². The first-order valence-electron chi connectivity index (χ1n) is 12.6.